The number of hydrogen-bond acceptors (Lipinski definition) is 2. The first kappa shape index (κ1) is 8.98. The van der Waals surface area contributed by atoms with E-state index in [1.54, 1.807) is 6.92 Å². The Kier molecular flexibility index (Phi) is 1.73. The van der Waals surface area contributed by atoms with Gasteiger partial charge in [-0.25, -0.2) is 9.50 Å². The minimum absolute atomic E-state index is 0.206. The third kappa shape index (κ3) is 1.32. The molecule has 0 unspecified atom stereocenters. The summed E-state index contributed by atoms with van der Waals surface area (Å²) < 4.78 is 38.1. The number of rotatable bonds is 0. The first-order valence-electron chi connectivity index (χ1n) is 3.87. The van der Waals surface area contributed by atoms with Crippen LogP contribution in [-0.2, 0) is 6.18 Å². The van der Waals surface area contributed by atoms with Crippen LogP contribution in [0.5, 0.6) is 0 Å². The molecule has 0 aromatic carbocycles. The van der Waals surface area contributed by atoms with E-state index in [1.807, 2.05) is 0 Å². The molecule has 6 heteroatoms. The summed E-state index contributed by atoms with van der Waals surface area (Å²) in [7, 11) is 0. The number of aromatic nitrogens is 3. The van der Waals surface area contributed by atoms with E-state index in [1.165, 1.54) is 6.07 Å². The standard InChI is InChI=1S/C8H6F3N3/c1-5-4-7-12-3-2-6(8(9,10)11)14(7)13-5/h2-4H,1H3. The normalized spacial score (nSPS) is 12.3. The van der Waals surface area contributed by atoms with Gasteiger partial charge >= 0.3 is 6.18 Å². The summed E-state index contributed by atoms with van der Waals surface area (Å²) in [5.74, 6) is 0. The maximum atomic E-state index is 12.4. The fraction of sp³-hybridized carbons (Fsp3) is 0.250. The van der Waals surface area contributed by atoms with Crippen LogP contribution in [0.25, 0.3) is 5.65 Å². The zero-order chi connectivity index (χ0) is 10.3. The Balaban J connectivity index is 2.77. The van der Waals surface area contributed by atoms with Gasteiger partial charge in [-0.1, -0.05) is 0 Å². The molecule has 0 spiro atoms. The Bertz CT molecular complexity index is 472. The SMILES string of the molecule is Cc1cc2nccc(C(F)(F)F)n2n1. The van der Waals surface area contributed by atoms with Crippen LogP contribution in [-0.4, -0.2) is 14.6 Å². The average molecular weight is 201 g/mol. The van der Waals surface area contributed by atoms with E-state index in [0.29, 0.717) is 5.69 Å². The van der Waals surface area contributed by atoms with Crippen molar-refractivity contribution in [1.29, 1.82) is 0 Å². The Morgan fingerprint density at radius 1 is 1.36 bits per heavy atom. The van der Waals surface area contributed by atoms with Crippen LogP contribution in [0.3, 0.4) is 0 Å². The molecule has 0 saturated heterocycles. The van der Waals surface area contributed by atoms with Crippen molar-refractivity contribution in [2.45, 2.75) is 13.1 Å². The molecule has 0 fully saturated rings. The Morgan fingerprint density at radius 3 is 2.71 bits per heavy atom. The van der Waals surface area contributed by atoms with E-state index in [-0.39, 0.29) is 5.65 Å². The molecule has 2 aromatic heterocycles. The van der Waals surface area contributed by atoms with Crippen LogP contribution >= 0.6 is 0 Å². The second kappa shape index (κ2) is 2.70. The molecule has 74 valence electrons. The lowest BCUT2D eigenvalue weighted by Gasteiger charge is -2.07. The molecule has 0 saturated carbocycles. The van der Waals surface area contributed by atoms with Crippen LogP contribution in [0, 0.1) is 6.92 Å². The minimum Gasteiger partial charge on any atom is -0.237 e. The first-order chi connectivity index (χ1) is 6.48. The molecule has 2 aromatic rings. The van der Waals surface area contributed by atoms with Crippen molar-refractivity contribution in [1.82, 2.24) is 14.6 Å². The van der Waals surface area contributed by atoms with Crippen molar-refractivity contribution in [3.63, 3.8) is 0 Å². The molecule has 0 aliphatic carbocycles. The number of halogens is 3. The van der Waals surface area contributed by atoms with Gasteiger partial charge in [-0.05, 0) is 13.0 Å². The summed E-state index contributed by atoms with van der Waals surface area (Å²) in [4.78, 5) is 3.78. The largest absolute Gasteiger partial charge is 0.433 e. The zero-order valence-corrected chi connectivity index (χ0v) is 7.21. The smallest absolute Gasteiger partial charge is 0.237 e. The van der Waals surface area contributed by atoms with Gasteiger partial charge in [0.15, 0.2) is 5.65 Å². The molecule has 0 atom stereocenters. The molecule has 3 nitrogen and oxygen atoms in total. The van der Waals surface area contributed by atoms with Gasteiger partial charge < -0.3 is 0 Å². The second-order valence-corrected chi connectivity index (χ2v) is 2.88. The summed E-state index contributed by atoms with van der Waals surface area (Å²) in [6, 6.07) is 2.40. The van der Waals surface area contributed by atoms with Crippen LogP contribution in [0.1, 0.15) is 11.4 Å². The lowest BCUT2D eigenvalue weighted by atomic mass is 10.4. The molecular formula is C8H6F3N3. The number of fused-ring (bicyclic) bond motifs is 1. The Labute approximate surface area is 77.2 Å². The highest BCUT2D eigenvalue weighted by Crippen LogP contribution is 2.28. The van der Waals surface area contributed by atoms with Gasteiger partial charge in [0.2, 0.25) is 0 Å². The molecule has 0 bridgehead atoms. The lowest BCUT2D eigenvalue weighted by Crippen LogP contribution is -2.12. The second-order valence-electron chi connectivity index (χ2n) is 2.88. The summed E-state index contributed by atoms with van der Waals surface area (Å²) >= 11 is 0. The van der Waals surface area contributed by atoms with Gasteiger partial charge in [0.25, 0.3) is 0 Å². The van der Waals surface area contributed by atoms with E-state index in [4.69, 9.17) is 0 Å². The van der Waals surface area contributed by atoms with Crippen molar-refractivity contribution in [3.8, 4) is 0 Å². The van der Waals surface area contributed by atoms with Crippen LogP contribution in [0.2, 0.25) is 0 Å². The van der Waals surface area contributed by atoms with Gasteiger partial charge in [0.1, 0.15) is 5.69 Å². The molecule has 0 radical (unpaired) electrons. The van der Waals surface area contributed by atoms with Gasteiger partial charge in [-0.15, -0.1) is 0 Å². The summed E-state index contributed by atoms with van der Waals surface area (Å²) in [5, 5.41) is 3.71. The van der Waals surface area contributed by atoms with E-state index in [0.717, 1.165) is 16.8 Å². The summed E-state index contributed by atoms with van der Waals surface area (Å²) in [6.07, 6.45) is -3.28. The third-order valence-electron chi connectivity index (χ3n) is 1.77. The Morgan fingerprint density at radius 2 is 2.07 bits per heavy atom. The zero-order valence-electron chi connectivity index (χ0n) is 7.21. The summed E-state index contributed by atoms with van der Waals surface area (Å²) in [6.45, 7) is 1.62. The highest BCUT2D eigenvalue weighted by Gasteiger charge is 2.34. The van der Waals surface area contributed by atoms with Crippen molar-refractivity contribution in [3.05, 3.63) is 29.7 Å². The lowest BCUT2D eigenvalue weighted by molar-refractivity contribution is -0.142. The molecular weight excluding hydrogens is 195 g/mol. The van der Waals surface area contributed by atoms with E-state index >= 15 is 0 Å². The minimum atomic E-state index is -4.40. The topological polar surface area (TPSA) is 30.2 Å². The molecule has 0 amide bonds. The number of nitrogens with zero attached hydrogens (tertiary/aromatic N) is 3. The average Bonchev–Trinajstić information content (AvgIpc) is 2.41. The maximum Gasteiger partial charge on any atom is 0.433 e. The molecule has 0 N–H and O–H groups in total. The van der Waals surface area contributed by atoms with Gasteiger partial charge in [0.05, 0.1) is 5.69 Å². The third-order valence-corrected chi connectivity index (χ3v) is 1.77. The van der Waals surface area contributed by atoms with Crippen molar-refractivity contribution in [2.24, 2.45) is 0 Å². The molecule has 2 heterocycles. The van der Waals surface area contributed by atoms with Gasteiger partial charge in [0, 0.05) is 12.3 Å². The molecule has 14 heavy (non-hydrogen) atoms. The number of alkyl halides is 3. The molecule has 2 rings (SSSR count). The highest BCUT2D eigenvalue weighted by atomic mass is 19.4. The number of hydrogen-bond donors (Lipinski definition) is 0. The highest BCUT2D eigenvalue weighted by molar-refractivity contribution is 5.40. The Hall–Kier alpha value is -1.59. The summed E-state index contributed by atoms with van der Waals surface area (Å²) in [5.41, 5.74) is -0.0953. The van der Waals surface area contributed by atoms with Gasteiger partial charge in [-0.3, -0.25) is 0 Å². The fourth-order valence-electron chi connectivity index (χ4n) is 1.22. The quantitative estimate of drug-likeness (QED) is 0.653. The van der Waals surface area contributed by atoms with E-state index in [2.05, 4.69) is 10.1 Å². The molecule has 0 aliphatic rings. The van der Waals surface area contributed by atoms with Crippen LogP contribution in [0.15, 0.2) is 18.3 Å². The van der Waals surface area contributed by atoms with Crippen molar-refractivity contribution < 1.29 is 13.2 Å². The first-order valence-corrected chi connectivity index (χ1v) is 3.87. The van der Waals surface area contributed by atoms with E-state index in [9.17, 15) is 13.2 Å². The van der Waals surface area contributed by atoms with Gasteiger partial charge in [-0.2, -0.15) is 18.3 Å². The monoisotopic (exact) mass is 201 g/mol. The van der Waals surface area contributed by atoms with Crippen molar-refractivity contribution in [2.75, 3.05) is 0 Å². The van der Waals surface area contributed by atoms with Crippen LogP contribution < -0.4 is 0 Å². The van der Waals surface area contributed by atoms with Crippen LogP contribution in [0.4, 0.5) is 13.2 Å². The maximum absolute atomic E-state index is 12.4. The molecule has 0 aliphatic heterocycles. The van der Waals surface area contributed by atoms with Crippen molar-refractivity contribution >= 4 is 5.65 Å². The fourth-order valence-corrected chi connectivity index (χ4v) is 1.22. The number of aryl methyl sites for hydroxylation is 1. The van der Waals surface area contributed by atoms with E-state index < -0.39 is 11.9 Å². The predicted molar refractivity (Wildman–Crippen MR) is 42.7 cm³/mol. The predicted octanol–water partition coefficient (Wildman–Crippen LogP) is 2.06.